The van der Waals surface area contributed by atoms with Gasteiger partial charge >= 0.3 is 7.82 Å². The minimum atomic E-state index is -4.60. The van der Waals surface area contributed by atoms with Gasteiger partial charge in [-0.25, -0.2) is 4.57 Å². The molecule has 0 amide bonds. The van der Waals surface area contributed by atoms with E-state index >= 15 is 0 Å². The molecule has 238 valence electrons. The molecule has 1 fully saturated rings. The summed E-state index contributed by atoms with van der Waals surface area (Å²) in [4.78, 5) is 9.99. The summed E-state index contributed by atoms with van der Waals surface area (Å²) in [6.07, 6.45) is 10.0. The maximum atomic E-state index is 12.3. The largest absolute Gasteiger partial charge is 0.474 e. The Hall–Kier alpha value is -1.13. The SMILES string of the molecule is CC(C)=CCCC(C)=CCCC(C)=CCCC(C)=CCCC(C)CCOP(=O)(O)OC1OC(CO)C(O)C(O)C1O. The first-order valence-corrected chi connectivity index (χ1v) is 16.3. The number of allylic oxidation sites excluding steroid dienone is 8. The fraction of sp³-hybridized carbons (Fsp3) is 0.742. The smallest absolute Gasteiger partial charge is 0.394 e. The molecule has 7 atom stereocenters. The molecule has 1 heterocycles. The monoisotopic (exact) mass is 602 g/mol. The van der Waals surface area contributed by atoms with Gasteiger partial charge in [-0.15, -0.1) is 0 Å². The predicted octanol–water partition coefficient (Wildman–Crippen LogP) is 5.87. The van der Waals surface area contributed by atoms with E-state index in [4.69, 9.17) is 13.8 Å². The second-order valence-electron chi connectivity index (χ2n) is 11.6. The van der Waals surface area contributed by atoms with Crippen LogP contribution in [0.2, 0.25) is 0 Å². The maximum Gasteiger partial charge on any atom is 0.474 e. The molecule has 0 aromatic rings. The van der Waals surface area contributed by atoms with Crippen LogP contribution in [0.1, 0.15) is 99.3 Å². The first kappa shape index (κ1) is 37.9. The summed E-state index contributed by atoms with van der Waals surface area (Å²) < 4.78 is 27.3. The standard InChI is InChI=1S/C31H55O9P/c1-22(2)11-7-12-23(3)13-8-14-24(4)15-9-16-25(5)17-10-18-26(6)19-20-38-41(36,37)40-31-30(35)29(34)28(33)27(21-32)39-31/h11,13,15,17,26-35H,7-10,12,14,16,18-21H2,1-6H3,(H,36,37). The Balaban J connectivity index is 2.29. The maximum absolute atomic E-state index is 12.3. The lowest BCUT2D eigenvalue weighted by Gasteiger charge is -2.39. The van der Waals surface area contributed by atoms with Crippen molar-refractivity contribution in [1.29, 1.82) is 0 Å². The number of aliphatic hydroxyl groups is 4. The molecule has 0 aromatic carbocycles. The third-order valence-electron chi connectivity index (χ3n) is 7.26. The van der Waals surface area contributed by atoms with E-state index in [1.54, 1.807) is 0 Å². The van der Waals surface area contributed by atoms with Crippen molar-refractivity contribution in [3.63, 3.8) is 0 Å². The van der Waals surface area contributed by atoms with Crippen LogP contribution in [-0.2, 0) is 18.3 Å². The summed E-state index contributed by atoms with van der Waals surface area (Å²) in [5, 5.41) is 38.8. The van der Waals surface area contributed by atoms with Gasteiger partial charge in [0.15, 0.2) is 6.29 Å². The Morgan fingerprint density at radius 3 is 1.83 bits per heavy atom. The molecular weight excluding hydrogens is 547 g/mol. The van der Waals surface area contributed by atoms with Crippen LogP contribution in [0.15, 0.2) is 46.6 Å². The van der Waals surface area contributed by atoms with Crippen LogP contribution < -0.4 is 0 Å². The summed E-state index contributed by atoms with van der Waals surface area (Å²) in [5.74, 6) is 0.243. The lowest BCUT2D eigenvalue weighted by molar-refractivity contribution is -0.281. The topological polar surface area (TPSA) is 146 Å². The van der Waals surface area contributed by atoms with Gasteiger partial charge in [-0.2, -0.15) is 0 Å². The second-order valence-corrected chi connectivity index (χ2v) is 13.0. The van der Waals surface area contributed by atoms with E-state index in [1.807, 2.05) is 6.92 Å². The van der Waals surface area contributed by atoms with E-state index in [9.17, 15) is 29.9 Å². The highest BCUT2D eigenvalue weighted by Gasteiger charge is 2.46. The van der Waals surface area contributed by atoms with Crippen LogP contribution in [-0.4, -0.2) is 69.2 Å². The van der Waals surface area contributed by atoms with Gasteiger partial charge in [0.2, 0.25) is 0 Å². The molecule has 7 unspecified atom stereocenters. The zero-order valence-corrected chi connectivity index (χ0v) is 26.8. The van der Waals surface area contributed by atoms with Crippen molar-refractivity contribution >= 4 is 7.82 Å². The first-order chi connectivity index (χ1) is 19.3. The number of phosphoric ester groups is 1. The van der Waals surface area contributed by atoms with Gasteiger partial charge < -0.3 is 30.1 Å². The number of phosphoric acid groups is 1. The molecule has 1 aliphatic rings. The highest BCUT2D eigenvalue weighted by molar-refractivity contribution is 7.47. The molecule has 0 bridgehead atoms. The number of aliphatic hydroxyl groups excluding tert-OH is 4. The van der Waals surface area contributed by atoms with Crippen molar-refractivity contribution in [2.75, 3.05) is 13.2 Å². The van der Waals surface area contributed by atoms with Crippen molar-refractivity contribution in [2.45, 2.75) is 130 Å². The fourth-order valence-electron chi connectivity index (χ4n) is 4.43. The molecule has 0 saturated carbocycles. The van der Waals surface area contributed by atoms with Gasteiger partial charge in [-0.1, -0.05) is 53.5 Å². The van der Waals surface area contributed by atoms with Crippen LogP contribution in [0.3, 0.4) is 0 Å². The average molecular weight is 603 g/mol. The van der Waals surface area contributed by atoms with Crippen LogP contribution in [0.25, 0.3) is 0 Å². The highest BCUT2D eigenvalue weighted by Crippen LogP contribution is 2.46. The second kappa shape index (κ2) is 19.9. The van der Waals surface area contributed by atoms with Gasteiger partial charge in [0, 0.05) is 0 Å². The van der Waals surface area contributed by atoms with E-state index < -0.39 is 45.1 Å². The Morgan fingerprint density at radius 1 is 0.805 bits per heavy atom. The lowest BCUT2D eigenvalue weighted by atomic mass is 10.00. The molecule has 1 aliphatic heterocycles. The van der Waals surface area contributed by atoms with Crippen LogP contribution >= 0.6 is 7.82 Å². The molecule has 10 heteroatoms. The molecule has 0 aliphatic carbocycles. The fourth-order valence-corrected chi connectivity index (χ4v) is 5.27. The Kier molecular flexibility index (Phi) is 18.4. The van der Waals surface area contributed by atoms with Gasteiger partial charge in [0.1, 0.15) is 24.4 Å². The summed E-state index contributed by atoms with van der Waals surface area (Å²) in [6, 6.07) is 0. The molecule has 1 rings (SSSR count). The molecule has 9 nitrogen and oxygen atoms in total. The Bertz CT molecular complexity index is 921. The third-order valence-corrected chi connectivity index (χ3v) is 8.24. The summed E-state index contributed by atoms with van der Waals surface area (Å²) in [5.41, 5.74) is 5.61. The molecule has 41 heavy (non-hydrogen) atoms. The van der Waals surface area contributed by atoms with E-state index in [0.29, 0.717) is 6.42 Å². The minimum absolute atomic E-state index is 0.0384. The Labute approximate surface area is 247 Å². The predicted molar refractivity (Wildman–Crippen MR) is 162 cm³/mol. The highest BCUT2D eigenvalue weighted by atomic mass is 31.2. The number of ether oxygens (including phenoxy) is 1. The van der Waals surface area contributed by atoms with Gasteiger partial charge in [0.25, 0.3) is 0 Å². The summed E-state index contributed by atoms with van der Waals surface area (Å²) in [6.45, 7) is 12.2. The average Bonchev–Trinajstić information content (AvgIpc) is 2.88. The van der Waals surface area contributed by atoms with Gasteiger partial charge in [0.05, 0.1) is 13.2 Å². The van der Waals surface area contributed by atoms with Crippen LogP contribution in [0.5, 0.6) is 0 Å². The molecule has 0 radical (unpaired) electrons. The number of hydrogen-bond acceptors (Lipinski definition) is 8. The first-order valence-electron chi connectivity index (χ1n) is 14.8. The van der Waals surface area contributed by atoms with Crippen molar-refractivity contribution in [2.24, 2.45) is 5.92 Å². The van der Waals surface area contributed by atoms with Crippen LogP contribution in [0, 0.1) is 5.92 Å². The van der Waals surface area contributed by atoms with Crippen molar-refractivity contribution in [1.82, 2.24) is 0 Å². The molecule has 0 aromatic heterocycles. The van der Waals surface area contributed by atoms with Gasteiger partial charge in [-0.05, 0) is 98.3 Å². The molecule has 0 spiro atoms. The summed E-state index contributed by atoms with van der Waals surface area (Å²) in [7, 11) is -4.60. The zero-order valence-electron chi connectivity index (χ0n) is 25.9. The minimum Gasteiger partial charge on any atom is -0.394 e. The lowest BCUT2D eigenvalue weighted by Crippen LogP contribution is -2.58. The third kappa shape index (κ3) is 16.3. The molecular formula is C31H55O9P. The van der Waals surface area contributed by atoms with E-state index in [0.717, 1.165) is 51.4 Å². The van der Waals surface area contributed by atoms with E-state index in [2.05, 4.69) is 58.9 Å². The Morgan fingerprint density at radius 2 is 1.32 bits per heavy atom. The zero-order chi connectivity index (χ0) is 31.0. The van der Waals surface area contributed by atoms with E-state index in [-0.39, 0.29) is 12.5 Å². The molecule has 5 N–H and O–H groups in total. The normalized spacial score (nSPS) is 26.5. The van der Waals surface area contributed by atoms with E-state index in [1.165, 1.54) is 22.3 Å². The quantitative estimate of drug-likeness (QED) is 0.0905. The number of hydrogen-bond donors (Lipinski definition) is 5. The number of rotatable bonds is 19. The van der Waals surface area contributed by atoms with Crippen molar-refractivity contribution in [3.05, 3.63) is 46.6 Å². The van der Waals surface area contributed by atoms with Crippen molar-refractivity contribution in [3.8, 4) is 0 Å². The van der Waals surface area contributed by atoms with Crippen LogP contribution in [0.4, 0.5) is 0 Å². The van der Waals surface area contributed by atoms with Crippen molar-refractivity contribution < 1.29 is 43.7 Å². The molecule has 1 saturated heterocycles. The summed E-state index contributed by atoms with van der Waals surface area (Å²) >= 11 is 0. The van der Waals surface area contributed by atoms with Gasteiger partial charge in [-0.3, -0.25) is 9.05 Å².